The normalized spacial score (nSPS) is 25.8. The number of halogens is 1. The van der Waals surface area contributed by atoms with Crippen molar-refractivity contribution in [1.29, 1.82) is 0 Å². The van der Waals surface area contributed by atoms with Gasteiger partial charge in [-0.25, -0.2) is 4.79 Å². The Kier molecular flexibility index (Phi) is 6.08. The molecular weight excluding hydrogens is 434 g/mol. The summed E-state index contributed by atoms with van der Waals surface area (Å²) in [6.45, 7) is 8.26. The molecule has 2 fully saturated rings. The molecule has 158 valence electrons. The van der Waals surface area contributed by atoms with Crippen molar-refractivity contribution < 1.29 is 14.4 Å². The molecule has 1 aliphatic carbocycles. The molecule has 0 radical (unpaired) electrons. The van der Waals surface area contributed by atoms with Crippen LogP contribution in [-0.4, -0.2) is 34.8 Å². The molecule has 1 aromatic rings. The summed E-state index contributed by atoms with van der Waals surface area (Å²) in [5, 5.41) is 5.77. The Balaban J connectivity index is 1.62. The van der Waals surface area contributed by atoms with Crippen molar-refractivity contribution in [3.8, 4) is 0 Å². The summed E-state index contributed by atoms with van der Waals surface area (Å²) in [6, 6.07) is 6.93. The first kappa shape index (κ1) is 21.8. The number of imide groups is 1. The van der Waals surface area contributed by atoms with E-state index in [1.165, 1.54) is 0 Å². The number of nitrogens with one attached hydrogen (secondary N) is 2. The van der Waals surface area contributed by atoms with Gasteiger partial charge in [0.15, 0.2) is 0 Å². The first-order valence-corrected chi connectivity index (χ1v) is 11.0. The lowest BCUT2D eigenvalue weighted by Crippen LogP contribution is -2.51. The van der Waals surface area contributed by atoms with Crippen molar-refractivity contribution >= 4 is 33.8 Å². The van der Waals surface area contributed by atoms with Crippen molar-refractivity contribution in [2.75, 3.05) is 6.54 Å². The van der Waals surface area contributed by atoms with Crippen molar-refractivity contribution in [1.82, 2.24) is 15.5 Å². The number of hydrogen-bond acceptors (Lipinski definition) is 3. The van der Waals surface area contributed by atoms with Gasteiger partial charge in [0.25, 0.3) is 5.91 Å². The number of rotatable bonds is 4. The fourth-order valence-corrected chi connectivity index (χ4v) is 5.10. The number of amides is 4. The highest BCUT2D eigenvalue weighted by Gasteiger charge is 2.53. The molecule has 0 aromatic heterocycles. The Morgan fingerprint density at radius 1 is 1.28 bits per heavy atom. The van der Waals surface area contributed by atoms with E-state index in [0.29, 0.717) is 18.8 Å². The molecular formula is C22H30BrN3O3. The molecule has 1 saturated carbocycles. The maximum absolute atomic E-state index is 13.0. The Hall–Kier alpha value is -1.89. The smallest absolute Gasteiger partial charge is 0.325 e. The molecule has 7 heteroatoms. The van der Waals surface area contributed by atoms with Crippen LogP contribution in [0.3, 0.4) is 0 Å². The largest absolute Gasteiger partial charge is 0.348 e. The average molecular weight is 464 g/mol. The van der Waals surface area contributed by atoms with E-state index in [2.05, 4.69) is 47.3 Å². The Bertz CT molecular complexity index is 810. The second-order valence-corrected chi connectivity index (χ2v) is 10.2. The van der Waals surface area contributed by atoms with E-state index in [0.717, 1.165) is 27.8 Å². The molecule has 2 aliphatic rings. The molecule has 2 N–H and O–H groups in total. The maximum atomic E-state index is 13.0. The Morgan fingerprint density at radius 3 is 2.48 bits per heavy atom. The van der Waals surface area contributed by atoms with Crippen molar-refractivity contribution in [2.24, 2.45) is 11.3 Å². The number of carbonyl (C=O) groups is 3. The van der Waals surface area contributed by atoms with Crippen molar-refractivity contribution in [3.05, 3.63) is 34.3 Å². The monoisotopic (exact) mass is 463 g/mol. The molecule has 29 heavy (non-hydrogen) atoms. The van der Waals surface area contributed by atoms with Gasteiger partial charge in [-0.2, -0.15) is 0 Å². The van der Waals surface area contributed by atoms with Gasteiger partial charge in [0.1, 0.15) is 12.1 Å². The van der Waals surface area contributed by atoms with E-state index >= 15 is 0 Å². The lowest BCUT2D eigenvalue weighted by molar-refractivity contribution is -0.136. The second-order valence-electron chi connectivity index (χ2n) is 9.35. The molecule has 4 amide bonds. The van der Waals surface area contributed by atoms with E-state index < -0.39 is 11.6 Å². The van der Waals surface area contributed by atoms with Crippen LogP contribution < -0.4 is 10.6 Å². The molecule has 0 bridgehead atoms. The van der Waals surface area contributed by atoms with E-state index in [1.54, 1.807) is 0 Å². The topological polar surface area (TPSA) is 78.5 Å². The molecule has 1 spiro atoms. The maximum Gasteiger partial charge on any atom is 0.325 e. The highest BCUT2D eigenvalue weighted by molar-refractivity contribution is 9.10. The van der Waals surface area contributed by atoms with Gasteiger partial charge in [0.2, 0.25) is 5.91 Å². The fourth-order valence-electron chi connectivity index (χ4n) is 4.47. The summed E-state index contributed by atoms with van der Waals surface area (Å²) >= 11 is 3.48. The van der Waals surface area contributed by atoms with Gasteiger partial charge in [-0.1, -0.05) is 54.9 Å². The summed E-state index contributed by atoms with van der Waals surface area (Å²) in [4.78, 5) is 39.1. The highest BCUT2D eigenvalue weighted by atomic mass is 79.9. The van der Waals surface area contributed by atoms with E-state index in [4.69, 9.17) is 0 Å². The molecule has 1 heterocycles. The zero-order valence-corrected chi connectivity index (χ0v) is 19.1. The number of nitrogens with zero attached hydrogens (tertiary/aromatic N) is 1. The van der Waals surface area contributed by atoms with Crippen LogP contribution >= 0.6 is 15.9 Å². The van der Waals surface area contributed by atoms with Gasteiger partial charge in [0, 0.05) is 4.47 Å². The number of hydrogen-bond donors (Lipinski definition) is 2. The number of carbonyl (C=O) groups excluding carboxylic acids is 3. The molecule has 1 aromatic carbocycles. The second kappa shape index (κ2) is 8.09. The van der Waals surface area contributed by atoms with E-state index in [-0.39, 0.29) is 29.8 Å². The fraction of sp³-hybridized carbons (Fsp3) is 0.591. The van der Waals surface area contributed by atoms with Crippen LogP contribution in [-0.2, 0) is 9.59 Å². The van der Waals surface area contributed by atoms with Crippen LogP contribution in [0.5, 0.6) is 0 Å². The summed E-state index contributed by atoms with van der Waals surface area (Å²) in [6.07, 6.45) is 3.05. The zero-order chi connectivity index (χ0) is 21.4. The SMILES string of the molecule is CC(NC(=O)CN1C(=O)NC2(CCC(C(C)(C)C)CC2)C1=O)c1ccccc1Br. The number of urea groups is 1. The van der Waals surface area contributed by atoms with E-state index in [1.807, 2.05) is 31.2 Å². The minimum Gasteiger partial charge on any atom is -0.348 e. The standard InChI is InChI=1S/C22H30BrN3O3/c1-14(16-7-5-6-8-17(16)23)24-18(27)13-26-19(28)22(25-20(26)29)11-9-15(10-12-22)21(2,3)4/h5-8,14-15H,9-13H2,1-4H3,(H,24,27)(H,25,29). The van der Waals surface area contributed by atoms with Crippen LogP contribution in [0.25, 0.3) is 0 Å². The molecule has 1 aliphatic heterocycles. The van der Waals surface area contributed by atoms with Crippen LogP contribution in [0.4, 0.5) is 4.79 Å². The van der Waals surface area contributed by atoms with Crippen LogP contribution in [0.15, 0.2) is 28.7 Å². The van der Waals surface area contributed by atoms with Crippen LogP contribution in [0, 0.1) is 11.3 Å². The molecule has 1 atom stereocenters. The number of benzene rings is 1. The zero-order valence-electron chi connectivity index (χ0n) is 17.5. The quantitative estimate of drug-likeness (QED) is 0.658. The van der Waals surface area contributed by atoms with E-state index in [9.17, 15) is 14.4 Å². The summed E-state index contributed by atoms with van der Waals surface area (Å²) in [5.74, 6) is -0.0870. The Morgan fingerprint density at radius 2 is 1.90 bits per heavy atom. The summed E-state index contributed by atoms with van der Waals surface area (Å²) in [5.41, 5.74) is 0.289. The third-order valence-electron chi connectivity index (χ3n) is 6.36. The van der Waals surface area contributed by atoms with Gasteiger partial charge < -0.3 is 10.6 Å². The lowest BCUT2D eigenvalue weighted by atomic mass is 9.67. The summed E-state index contributed by atoms with van der Waals surface area (Å²) < 4.78 is 0.900. The van der Waals surface area contributed by atoms with Crippen LogP contribution in [0.1, 0.15) is 65.0 Å². The predicted molar refractivity (Wildman–Crippen MR) is 115 cm³/mol. The third-order valence-corrected chi connectivity index (χ3v) is 7.08. The minimum atomic E-state index is -0.840. The van der Waals surface area contributed by atoms with Gasteiger partial charge in [-0.05, 0) is 55.6 Å². The summed E-state index contributed by atoms with van der Waals surface area (Å²) in [7, 11) is 0. The molecule has 1 unspecified atom stereocenters. The van der Waals surface area contributed by atoms with Gasteiger partial charge in [-0.15, -0.1) is 0 Å². The minimum absolute atomic E-state index is 0.189. The first-order chi connectivity index (χ1) is 13.5. The van der Waals surface area contributed by atoms with Gasteiger partial charge >= 0.3 is 6.03 Å². The predicted octanol–water partition coefficient (Wildman–Crippen LogP) is 4.15. The first-order valence-electron chi connectivity index (χ1n) is 10.2. The van der Waals surface area contributed by atoms with Gasteiger partial charge in [0.05, 0.1) is 6.04 Å². The van der Waals surface area contributed by atoms with Crippen molar-refractivity contribution in [3.63, 3.8) is 0 Å². The molecule has 1 saturated heterocycles. The van der Waals surface area contributed by atoms with Crippen molar-refractivity contribution in [2.45, 2.75) is 65.0 Å². The highest BCUT2D eigenvalue weighted by Crippen LogP contribution is 2.43. The van der Waals surface area contributed by atoms with Crippen LogP contribution in [0.2, 0.25) is 0 Å². The van der Waals surface area contributed by atoms with Gasteiger partial charge in [-0.3, -0.25) is 14.5 Å². The lowest BCUT2D eigenvalue weighted by Gasteiger charge is -2.40. The molecule has 3 rings (SSSR count). The Labute approximate surface area is 180 Å². The molecule has 6 nitrogen and oxygen atoms in total. The average Bonchev–Trinajstić information content (AvgIpc) is 2.85. The third kappa shape index (κ3) is 4.49.